The Morgan fingerprint density at radius 3 is 2.15 bits per heavy atom. The molecule has 2 aliphatic heterocycles. The fourth-order valence-corrected chi connectivity index (χ4v) is 4.02. The van der Waals surface area contributed by atoms with Crippen LogP contribution in [0.1, 0.15) is 17.5 Å². The van der Waals surface area contributed by atoms with Gasteiger partial charge in [-0.15, -0.1) is 0 Å². The Hall–Kier alpha value is -3.97. The minimum Gasteiger partial charge on any atom is -0.475 e. The van der Waals surface area contributed by atoms with Crippen molar-refractivity contribution in [3.8, 4) is 6.07 Å². The maximum absolute atomic E-state index is 10.6. The number of rotatable bonds is 3. The number of alkyl halides is 6. The Morgan fingerprint density at radius 1 is 1.00 bits per heavy atom. The average molecular weight is 577 g/mol. The number of anilines is 1. The monoisotopic (exact) mass is 577 g/mol. The number of nitrogens with zero attached hydrogens (tertiary/aromatic N) is 5. The molecular formula is C24H25F6N5O5. The van der Waals surface area contributed by atoms with Crippen molar-refractivity contribution in [3.63, 3.8) is 0 Å². The van der Waals surface area contributed by atoms with E-state index in [0.29, 0.717) is 0 Å². The van der Waals surface area contributed by atoms with Crippen LogP contribution in [0.25, 0.3) is 0 Å². The van der Waals surface area contributed by atoms with Gasteiger partial charge < -0.3 is 19.8 Å². The molecule has 1 unspecified atom stereocenters. The highest BCUT2D eigenvalue weighted by molar-refractivity contribution is 5.73. The lowest BCUT2D eigenvalue weighted by Crippen LogP contribution is -2.40. The van der Waals surface area contributed by atoms with Gasteiger partial charge in [0.2, 0.25) is 5.95 Å². The molecule has 2 aromatic rings. The number of ether oxygens (including phenoxy) is 1. The molecule has 0 aliphatic carbocycles. The summed E-state index contributed by atoms with van der Waals surface area (Å²) < 4.78 is 69.4. The summed E-state index contributed by atoms with van der Waals surface area (Å²) in [7, 11) is 0. The third-order valence-electron chi connectivity index (χ3n) is 5.74. The van der Waals surface area contributed by atoms with E-state index in [2.05, 4.69) is 31.9 Å². The number of halogens is 6. The van der Waals surface area contributed by atoms with Crippen molar-refractivity contribution in [2.24, 2.45) is 5.41 Å². The van der Waals surface area contributed by atoms with E-state index in [0.717, 1.165) is 63.9 Å². The van der Waals surface area contributed by atoms with Gasteiger partial charge in [0.25, 0.3) is 0 Å². The molecule has 218 valence electrons. The number of benzene rings is 1. The Kier molecular flexibility index (Phi) is 11.2. The molecule has 0 bridgehead atoms. The highest BCUT2D eigenvalue weighted by Gasteiger charge is 2.42. The molecule has 0 amide bonds. The van der Waals surface area contributed by atoms with Crippen molar-refractivity contribution in [3.05, 3.63) is 53.9 Å². The fraction of sp³-hybridized carbons (Fsp3) is 0.458. The van der Waals surface area contributed by atoms with Gasteiger partial charge in [0.05, 0.1) is 24.8 Å². The number of carboxylic acid groups (broad SMARTS) is 2. The molecule has 2 aliphatic rings. The van der Waals surface area contributed by atoms with Crippen molar-refractivity contribution in [2.45, 2.75) is 25.3 Å². The maximum atomic E-state index is 10.6. The van der Waals surface area contributed by atoms with Gasteiger partial charge in [0.15, 0.2) is 0 Å². The molecule has 2 fully saturated rings. The molecule has 4 rings (SSSR count). The van der Waals surface area contributed by atoms with Crippen LogP contribution in [0.2, 0.25) is 0 Å². The maximum Gasteiger partial charge on any atom is 0.490 e. The lowest BCUT2D eigenvalue weighted by molar-refractivity contribution is -0.193. The molecule has 1 spiro atoms. The Balaban J connectivity index is 0.000000333. The van der Waals surface area contributed by atoms with E-state index in [1.54, 1.807) is 12.4 Å². The molecular weight excluding hydrogens is 552 g/mol. The SMILES string of the molecule is N#Cc1cccc(CN2CCOCC3(CCN(c4ncccn4)C3)C2)c1.O=C(O)C(F)(F)F.O=C(O)C(F)(F)F. The van der Waals surface area contributed by atoms with Crippen LogP contribution < -0.4 is 4.90 Å². The first-order valence-corrected chi connectivity index (χ1v) is 11.6. The van der Waals surface area contributed by atoms with E-state index in [9.17, 15) is 26.3 Å². The third-order valence-corrected chi connectivity index (χ3v) is 5.74. The topological polar surface area (TPSA) is 140 Å². The first kappa shape index (κ1) is 32.2. The van der Waals surface area contributed by atoms with E-state index < -0.39 is 24.3 Å². The Bertz CT molecular complexity index is 1150. The van der Waals surface area contributed by atoms with Crippen LogP contribution in [-0.4, -0.2) is 88.8 Å². The zero-order chi connectivity index (χ0) is 30.0. The third kappa shape index (κ3) is 10.3. The highest BCUT2D eigenvalue weighted by Crippen LogP contribution is 2.35. The lowest BCUT2D eigenvalue weighted by Gasteiger charge is -2.31. The summed E-state index contributed by atoms with van der Waals surface area (Å²) in [6.07, 6.45) is -5.49. The summed E-state index contributed by atoms with van der Waals surface area (Å²) in [5, 5.41) is 23.4. The van der Waals surface area contributed by atoms with Crippen molar-refractivity contribution in [2.75, 3.05) is 44.3 Å². The summed E-state index contributed by atoms with van der Waals surface area (Å²) in [4.78, 5) is 31.3. The van der Waals surface area contributed by atoms with Gasteiger partial charge in [0, 0.05) is 50.5 Å². The smallest absolute Gasteiger partial charge is 0.475 e. The molecule has 1 aromatic heterocycles. The second kappa shape index (κ2) is 13.9. The van der Waals surface area contributed by atoms with Crippen LogP contribution in [0, 0.1) is 16.7 Å². The second-order valence-electron chi connectivity index (χ2n) is 8.90. The number of carboxylic acids is 2. The second-order valence-corrected chi connectivity index (χ2v) is 8.90. The summed E-state index contributed by atoms with van der Waals surface area (Å²) in [5.41, 5.74) is 2.02. The first-order chi connectivity index (χ1) is 18.6. The number of hydrogen-bond donors (Lipinski definition) is 2. The van der Waals surface area contributed by atoms with Crippen molar-refractivity contribution >= 4 is 17.9 Å². The molecule has 0 radical (unpaired) electrons. The average Bonchev–Trinajstić information content (AvgIpc) is 3.20. The predicted octanol–water partition coefficient (Wildman–Crippen LogP) is 3.34. The summed E-state index contributed by atoms with van der Waals surface area (Å²) in [5.74, 6) is -4.71. The van der Waals surface area contributed by atoms with Gasteiger partial charge >= 0.3 is 24.3 Å². The number of carbonyl (C=O) groups is 2. The molecule has 16 heteroatoms. The molecule has 0 saturated carbocycles. The van der Waals surface area contributed by atoms with Crippen molar-refractivity contribution in [1.82, 2.24) is 14.9 Å². The van der Waals surface area contributed by atoms with Gasteiger partial charge in [-0.2, -0.15) is 31.6 Å². The highest BCUT2D eigenvalue weighted by atomic mass is 19.4. The molecule has 3 heterocycles. The van der Waals surface area contributed by atoms with Crippen LogP contribution in [0.5, 0.6) is 0 Å². The number of hydrogen-bond acceptors (Lipinski definition) is 8. The van der Waals surface area contributed by atoms with Gasteiger partial charge in [-0.1, -0.05) is 12.1 Å². The number of aliphatic carboxylic acids is 2. The Labute approximate surface area is 224 Å². The summed E-state index contributed by atoms with van der Waals surface area (Å²) in [6, 6.07) is 12.0. The zero-order valence-corrected chi connectivity index (χ0v) is 20.8. The van der Waals surface area contributed by atoms with Crippen LogP contribution in [0.3, 0.4) is 0 Å². The molecule has 40 heavy (non-hydrogen) atoms. The largest absolute Gasteiger partial charge is 0.490 e. The Morgan fingerprint density at radius 2 is 1.60 bits per heavy atom. The normalized spacial score (nSPS) is 19.4. The zero-order valence-electron chi connectivity index (χ0n) is 20.8. The minimum absolute atomic E-state index is 0.114. The standard InChI is InChI=1S/C20H23N5O.2C2HF3O2/c21-12-17-3-1-4-18(11-17)13-24-9-10-26-16-20(14-24)5-8-25(15-20)19-22-6-2-7-23-19;2*3-2(4,5)1(6)7/h1-4,6-7,11H,5,8-10,13-16H2;2*(H,6,7). The summed E-state index contributed by atoms with van der Waals surface area (Å²) in [6.45, 7) is 6.18. The van der Waals surface area contributed by atoms with Gasteiger partial charge in [-0.05, 0) is 30.2 Å². The van der Waals surface area contributed by atoms with Gasteiger partial charge in [0.1, 0.15) is 0 Å². The van der Waals surface area contributed by atoms with E-state index >= 15 is 0 Å². The van der Waals surface area contributed by atoms with E-state index in [1.807, 2.05) is 24.3 Å². The van der Waals surface area contributed by atoms with Crippen molar-refractivity contribution in [1.29, 1.82) is 5.26 Å². The predicted molar refractivity (Wildman–Crippen MR) is 126 cm³/mol. The van der Waals surface area contributed by atoms with E-state index in [4.69, 9.17) is 29.8 Å². The molecule has 1 atom stereocenters. The summed E-state index contributed by atoms with van der Waals surface area (Å²) >= 11 is 0. The van der Waals surface area contributed by atoms with E-state index in [-0.39, 0.29) is 5.41 Å². The van der Waals surface area contributed by atoms with Crippen molar-refractivity contribution < 1.29 is 50.9 Å². The van der Waals surface area contributed by atoms with E-state index in [1.165, 1.54) is 5.56 Å². The van der Waals surface area contributed by atoms with Gasteiger partial charge in [-0.3, -0.25) is 4.90 Å². The molecule has 2 N–H and O–H groups in total. The van der Waals surface area contributed by atoms with Crippen LogP contribution in [0.15, 0.2) is 42.7 Å². The molecule has 1 aromatic carbocycles. The van der Waals surface area contributed by atoms with Crippen LogP contribution >= 0.6 is 0 Å². The first-order valence-electron chi connectivity index (χ1n) is 11.6. The molecule has 10 nitrogen and oxygen atoms in total. The van der Waals surface area contributed by atoms with Gasteiger partial charge in [-0.25, -0.2) is 19.6 Å². The van der Waals surface area contributed by atoms with Crippen LogP contribution in [0.4, 0.5) is 32.3 Å². The quantitative estimate of drug-likeness (QED) is 0.522. The minimum atomic E-state index is -5.08. The fourth-order valence-electron chi connectivity index (χ4n) is 4.02. The number of nitriles is 1. The molecule has 2 saturated heterocycles. The lowest BCUT2D eigenvalue weighted by atomic mass is 9.87. The number of aromatic nitrogens is 2. The van der Waals surface area contributed by atoms with Crippen LogP contribution in [-0.2, 0) is 20.9 Å².